The Morgan fingerprint density at radius 2 is 1.83 bits per heavy atom. The minimum absolute atomic E-state index is 0.00729. The fourth-order valence-electron chi connectivity index (χ4n) is 2.35. The summed E-state index contributed by atoms with van der Waals surface area (Å²) in [4.78, 5) is 12.0. The van der Waals surface area contributed by atoms with Gasteiger partial charge in [-0.2, -0.15) is 0 Å². The Balaban J connectivity index is 1.94. The van der Waals surface area contributed by atoms with Gasteiger partial charge in [-0.15, -0.1) is 0 Å². The van der Waals surface area contributed by atoms with Crippen LogP contribution in [0.25, 0.3) is 0 Å². The molecule has 24 heavy (non-hydrogen) atoms. The Kier molecular flexibility index (Phi) is 6.27. The number of carbonyl (C=O) groups excluding carboxylic acids is 1. The van der Waals surface area contributed by atoms with Crippen molar-refractivity contribution in [1.29, 1.82) is 0 Å². The summed E-state index contributed by atoms with van der Waals surface area (Å²) in [6.45, 7) is 8.61. The van der Waals surface area contributed by atoms with Crippen LogP contribution < -0.4 is 10.1 Å². The molecule has 0 aliphatic rings. The van der Waals surface area contributed by atoms with Gasteiger partial charge in [0.25, 0.3) is 5.91 Å². The number of aryl methyl sites for hydroxylation is 2. The molecule has 0 heterocycles. The summed E-state index contributed by atoms with van der Waals surface area (Å²) in [5.41, 5.74) is 4.22. The monoisotopic (exact) mass is 345 g/mol. The lowest BCUT2D eigenvalue weighted by atomic mass is 10.0. The van der Waals surface area contributed by atoms with Gasteiger partial charge in [-0.05, 0) is 48.6 Å². The summed E-state index contributed by atoms with van der Waals surface area (Å²) < 4.78 is 5.73. The van der Waals surface area contributed by atoms with E-state index < -0.39 is 0 Å². The van der Waals surface area contributed by atoms with Crippen molar-refractivity contribution in [1.82, 2.24) is 5.32 Å². The standard InChI is InChI=1S/C20H24ClNO2/c1-13(2)17-10-18(21)15(4)9-19(17)24-12-20(23)22-11-16-7-5-14(3)6-8-16/h5-10,13H,11-12H2,1-4H3,(H,22,23). The molecule has 0 atom stereocenters. The lowest BCUT2D eigenvalue weighted by Gasteiger charge is -2.16. The Morgan fingerprint density at radius 3 is 2.46 bits per heavy atom. The summed E-state index contributed by atoms with van der Waals surface area (Å²) in [6, 6.07) is 11.9. The van der Waals surface area contributed by atoms with Crippen LogP contribution in [-0.4, -0.2) is 12.5 Å². The molecule has 0 aliphatic carbocycles. The first-order chi connectivity index (χ1) is 11.4. The van der Waals surface area contributed by atoms with Crippen molar-refractivity contribution in [3.05, 3.63) is 63.7 Å². The van der Waals surface area contributed by atoms with Crippen LogP contribution in [-0.2, 0) is 11.3 Å². The van der Waals surface area contributed by atoms with E-state index in [2.05, 4.69) is 19.2 Å². The maximum atomic E-state index is 12.0. The average Bonchev–Trinajstić information content (AvgIpc) is 2.54. The zero-order chi connectivity index (χ0) is 17.7. The average molecular weight is 346 g/mol. The summed E-state index contributed by atoms with van der Waals surface area (Å²) in [5, 5.41) is 3.59. The van der Waals surface area contributed by atoms with Crippen molar-refractivity contribution >= 4 is 17.5 Å². The third kappa shape index (κ3) is 5.00. The molecule has 1 N–H and O–H groups in total. The van der Waals surface area contributed by atoms with Crippen LogP contribution in [0.5, 0.6) is 5.75 Å². The number of carbonyl (C=O) groups is 1. The summed E-state index contributed by atoms with van der Waals surface area (Å²) in [6.07, 6.45) is 0. The number of hydrogen-bond donors (Lipinski definition) is 1. The minimum Gasteiger partial charge on any atom is -0.483 e. The predicted molar refractivity (Wildman–Crippen MR) is 98.8 cm³/mol. The number of halogens is 1. The van der Waals surface area contributed by atoms with Gasteiger partial charge in [-0.3, -0.25) is 4.79 Å². The third-order valence-electron chi connectivity index (χ3n) is 3.88. The van der Waals surface area contributed by atoms with Crippen molar-refractivity contribution in [2.45, 2.75) is 40.2 Å². The molecule has 1 amide bonds. The molecule has 0 saturated carbocycles. The van der Waals surface area contributed by atoms with Crippen LogP contribution in [0.2, 0.25) is 5.02 Å². The Morgan fingerprint density at radius 1 is 1.17 bits per heavy atom. The quantitative estimate of drug-likeness (QED) is 0.818. The maximum absolute atomic E-state index is 12.0. The van der Waals surface area contributed by atoms with Gasteiger partial charge in [0.05, 0.1) is 0 Å². The number of ether oxygens (including phenoxy) is 1. The van der Waals surface area contributed by atoms with Gasteiger partial charge < -0.3 is 10.1 Å². The van der Waals surface area contributed by atoms with E-state index in [1.165, 1.54) is 5.56 Å². The van der Waals surface area contributed by atoms with E-state index in [4.69, 9.17) is 16.3 Å². The van der Waals surface area contributed by atoms with Crippen LogP contribution >= 0.6 is 11.6 Å². The van der Waals surface area contributed by atoms with Crippen molar-refractivity contribution in [2.75, 3.05) is 6.61 Å². The summed E-state index contributed by atoms with van der Waals surface area (Å²) >= 11 is 6.19. The van der Waals surface area contributed by atoms with E-state index in [0.717, 1.165) is 27.5 Å². The molecular weight excluding hydrogens is 322 g/mol. The number of amides is 1. The second kappa shape index (κ2) is 8.20. The maximum Gasteiger partial charge on any atom is 0.258 e. The van der Waals surface area contributed by atoms with Gasteiger partial charge in [0.1, 0.15) is 5.75 Å². The molecule has 0 fully saturated rings. The number of benzene rings is 2. The molecule has 4 heteroatoms. The van der Waals surface area contributed by atoms with Crippen molar-refractivity contribution in [3.8, 4) is 5.75 Å². The predicted octanol–water partition coefficient (Wildman–Crippen LogP) is 4.78. The Hall–Kier alpha value is -2.00. The summed E-state index contributed by atoms with van der Waals surface area (Å²) in [7, 11) is 0. The number of rotatable bonds is 6. The molecule has 0 unspecified atom stereocenters. The van der Waals surface area contributed by atoms with Crippen molar-refractivity contribution in [2.24, 2.45) is 0 Å². The van der Waals surface area contributed by atoms with E-state index in [1.54, 1.807) is 0 Å². The Labute approximate surface area is 149 Å². The number of hydrogen-bond acceptors (Lipinski definition) is 2. The largest absolute Gasteiger partial charge is 0.483 e. The minimum atomic E-state index is -0.141. The molecule has 0 bridgehead atoms. The fraction of sp³-hybridized carbons (Fsp3) is 0.350. The van der Waals surface area contributed by atoms with Crippen molar-refractivity contribution in [3.63, 3.8) is 0 Å². The highest BCUT2D eigenvalue weighted by atomic mass is 35.5. The molecule has 0 saturated heterocycles. The molecule has 0 spiro atoms. The highest BCUT2D eigenvalue weighted by Gasteiger charge is 2.12. The smallest absolute Gasteiger partial charge is 0.258 e. The van der Waals surface area contributed by atoms with E-state index >= 15 is 0 Å². The topological polar surface area (TPSA) is 38.3 Å². The molecule has 2 rings (SSSR count). The molecule has 2 aromatic rings. The highest BCUT2D eigenvalue weighted by molar-refractivity contribution is 6.31. The molecule has 0 aliphatic heterocycles. The second-order valence-electron chi connectivity index (χ2n) is 6.34. The zero-order valence-electron chi connectivity index (χ0n) is 14.7. The van der Waals surface area contributed by atoms with Crippen LogP contribution in [0.3, 0.4) is 0 Å². The first-order valence-corrected chi connectivity index (χ1v) is 8.49. The van der Waals surface area contributed by atoms with Gasteiger partial charge in [0, 0.05) is 11.6 Å². The third-order valence-corrected chi connectivity index (χ3v) is 4.29. The first kappa shape index (κ1) is 18.3. The Bertz CT molecular complexity index is 708. The summed E-state index contributed by atoms with van der Waals surface area (Å²) in [5.74, 6) is 0.851. The molecule has 2 aromatic carbocycles. The van der Waals surface area contributed by atoms with E-state index in [0.29, 0.717) is 6.54 Å². The van der Waals surface area contributed by atoms with Gasteiger partial charge >= 0.3 is 0 Å². The zero-order valence-corrected chi connectivity index (χ0v) is 15.4. The lowest BCUT2D eigenvalue weighted by molar-refractivity contribution is -0.123. The molecular formula is C20H24ClNO2. The normalized spacial score (nSPS) is 10.8. The van der Waals surface area contributed by atoms with Crippen LogP contribution in [0.15, 0.2) is 36.4 Å². The van der Waals surface area contributed by atoms with Gasteiger partial charge in [-0.25, -0.2) is 0 Å². The SMILES string of the molecule is Cc1ccc(CNC(=O)COc2cc(C)c(Cl)cc2C(C)C)cc1. The second-order valence-corrected chi connectivity index (χ2v) is 6.75. The van der Waals surface area contributed by atoms with Gasteiger partial charge in [-0.1, -0.05) is 55.3 Å². The van der Waals surface area contributed by atoms with Crippen molar-refractivity contribution < 1.29 is 9.53 Å². The molecule has 128 valence electrons. The highest BCUT2D eigenvalue weighted by Crippen LogP contribution is 2.31. The molecule has 3 nitrogen and oxygen atoms in total. The van der Waals surface area contributed by atoms with Crippen LogP contribution in [0.1, 0.15) is 42.0 Å². The van der Waals surface area contributed by atoms with E-state index in [1.807, 2.05) is 50.2 Å². The van der Waals surface area contributed by atoms with Gasteiger partial charge in [0.15, 0.2) is 6.61 Å². The van der Waals surface area contributed by atoms with E-state index in [9.17, 15) is 4.79 Å². The lowest BCUT2D eigenvalue weighted by Crippen LogP contribution is -2.28. The molecule has 0 radical (unpaired) electrons. The number of nitrogens with one attached hydrogen (secondary N) is 1. The molecule has 0 aromatic heterocycles. The van der Waals surface area contributed by atoms with Gasteiger partial charge in [0.2, 0.25) is 0 Å². The van der Waals surface area contributed by atoms with Crippen LogP contribution in [0.4, 0.5) is 0 Å². The fourth-order valence-corrected chi connectivity index (χ4v) is 2.52. The van der Waals surface area contributed by atoms with E-state index in [-0.39, 0.29) is 18.4 Å². The van der Waals surface area contributed by atoms with Crippen LogP contribution in [0, 0.1) is 13.8 Å². The first-order valence-electron chi connectivity index (χ1n) is 8.12.